The summed E-state index contributed by atoms with van der Waals surface area (Å²) in [5, 5.41) is 3.16. The Morgan fingerprint density at radius 2 is 2.07 bits per heavy atom. The van der Waals surface area contributed by atoms with Gasteiger partial charge in [-0.3, -0.25) is 0 Å². The van der Waals surface area contributed by atoms with Crippen LogP contribution in [0.5, 0.6) is 0 Å². The largest absolute Gasteiger partial charge is 0.376 e. The smallest absolute Gasteiger partial charge is 0.173 e. The van der Waals surface area contributed by atoms with E-state index in [2.05, 4.69) is 5.32 Å². The molecule has 84 valence electrons. The SMILES string of the molecule is COC(CNc1c(F)cccc1Cl)OC. The van der Waals surface area contributed by atoms with Gasteiger partial charge in [-0.1, -0.05) is 17.7 Å². The summed E-state index contributed by atoms with van der Waals surface area (Å²) in [6.45, 7) is 0.327. The predicted octanol–water partition coefficient (Wildman–Crippen LogP) is 2.51. The molecule has 0 atom stereocenters. The van der Waals surface area contributed by atoms with Crippen LogP contribution in [0.3, 0.4) is 0 Å². The Labute approximate surface area is 93.1 Å². The van der Waals surface area contributed by atoms with E-state index in [0.29, 0.717) is 11.6 Å². The molecule has 0 saturated heterocycles. The van der Waals surface area contributed by atoms with Crippen molar-refractivity contribution < 1.29 is 13.9 Å². The monoisotopic (exact) mass is 233 g/mol. The zero-order valence-corrected chi connectivity index (χ0v) is 9.34. The summed E-state index contributed by atoms with van der Waals surface area (Å²) in [6.07, 6.45) is -0.430. The molecule has 0 fully saturated rings. The van der Waals surface area contributed by atoms with Crippen molar-refractivity contribution in [3.8, 4) is 0 Å². The van der Waals surface area contributed by atoms with Crippen LogP contribution in [0.1, 0.15) is 0 Å². The summed E-state index contributed by atoms with van der Waals surface area (Å²) in [5.41, 5.74) is 0.262. The van der Waals surface area contributed by atoms with Crippen molar-refractivity contribution in [1.29, 1.82) is 0 Å². The summed E-state index contributed by atoms with van der Waals surface area (Å²) in [4.78, 5) is 0. The van der Waals surface area contributed by atoms with Crippen molar-refractivity contribution in [2.75, 3.05) is 26.1 Å². The van der Waals surface area contributed by atoms with E-state index >= 15 is 0 Å². The highest BCUT2D eigenvalue weighted by atomic mass is 35.5. The van der Waals surface area contributed by atoms with Gasteiger partial charge in [0.2, 0.25) is 0 Å². The number of methoxy groups -OCH3 is 2. The van der Waals surface area contributed by atoms with Crippen molar-refractivity contribution in [2.45, 2.75) is 6.29 Å². The van der Waals surface area contributed by atoms with Gasteiger partial charge in [-0.25, -0.2) is 4.39 Å². The minimum Gasteiger partial charge on any atom is -0.376 e. The zero-order valence-electron chi connectivity index (χ0n) is 8.59. The molecule has 1 aromatic rings. The number of hydrogen-bond donors (Lipinski definition) is 1. The normalized spacial score (nSPS) is 10.7. The van der Waals surface area contributed by atoms with Gasteiger partial charge in [-0.05, 0) is 12.1 Å². The number of rotatable bonds is 5. The molecule has 0 unspecified atom stereocenters. The number of anilines is 1. The van der Waals surface area contributed by atoms with E-state index in [0.717, 1.165) is 0 Å². The molecular formula is C10H13ClFNO2. The molecule has 0 aliphatic rings. The molecule has 1 rings (SSSR count). The zero-order chi connectivity index (χ0) is 11.3. The molecule has 0 heterocycles. The van der Waals surface area contributed by atoms with E-state index in [1.165, 1.54) is 20.3 Å². The lowest BCUT2D eigenvalue weighted by molar-refractivity contribution is -0.0914. The Morgan fingerprint density at radius 3 is 2.60 bits per heavy atom. The van der Waals surface area contributed by atoms with Crippen molar-refractivity contribution in [1.82, 2.24) is 0 Å². The first-order chi connectivity index (χ1) is 7.19. The molecule has 0 amide bonds. The van der Waals surface area contributed by atoms with Gasteiger partial charge in [-0.15, -0.1) is 0 Å². The van der Waals surface area contributed by atoms with Gasteiger partial charge in [0.25, 0.3) is 0 Å². The van der Waals surface area contributed by atoms with Gasteiger partial charge in [0, 0.05) is 14.2 Å². The van der Waals surface area contributed by atoms with Crippen LogP contribution < -0.4 is 5.32 Å². The maximum Gasteiger partial charge on any atom is 0.173 e. The molecule has 5 heteroatoms. The Kier molecular flexibility index (Phi) is 4.81. The molecule has 0 spiro atoms. The van der Waals surface area contributed by atoms with Crippen LogP contribution in [0.25, 0.3) is 0 Å². The lowest BCUT2D eigenvalue weighted by Crippen LogP contribution is -2.24. The summed E-state index contributed by atoms with van der Waals surface area (Å²) in [6, 6.07) is 4.50. The van der Waals surface area contributed by atoms with Gasteiger partial charge in [0.05, 0.1) is 17.3 Å². The van der Waals surface area contributed by atoms with Crippen LogP contribution in [0, 0.1) is 5.82 Å². The average Bonchev–Trinajstić information content (AvgIpc) is 2.23. The number of benzene rings is 1. The Bertz CT molecular complexity index is 298. The molecule has 0 saturated carbocycles. The van der Waals surface area contributed by atoms with Crippen LogP contribution in [-0.4, -0.2) is 27.1 Å². The second-order valence-corrected chi connectivity index (χ2v) is 3.29. The molecule has 0 aliphatic heterocycles. The molecule has 0 radical (unpaired) electrons. The van der Waals surface area contributed by atoms with E-state index in [1.54, 1.807) is 12.1 Å². The maximum absolute atomic E-state index is 13.3. The standard InChI is InChI=1S/C10H13ClFNO2/c1-14-9(15-2)6-13-10-7(11)4-3-5-8(10)12/h3-5,9,13H,6H2,1-2H3. The highest BCUT2D eigenvalue weighted by Crippen LogP contribution is 2.24. The lowest BCUT2D eigenvalue weighted by Gasteiger charge is -2.15. The number of nitrogens with one attached hydrogen (secondary N) is 1. The van der Waals surface area contributed by atoms with Gasteiger partial charge in [-0.2, -0.15) is 0 Å². The second kappa shape index (κ2) is 5.90. The van der Waals surface area contributed by atoms with Crippen LogP contribution in [-0.2, 0) is 9.47 Å². The number of ether oxygens (including phenoxy) is 2. The van der Waals surface area contributed by atoms with Gasteiger partial charge < -0.3 is 14.8 Å². The second-order valence-electron chi connectivity index (χ2n) is 2.88. The average molecular weight is 234 g/mol. The summed E-state index contributed by atoms with van der Waals surface area (Å²) < 4.78 is 23.2. The van der Waals surface area contributed by atoms with Crippen molar-refractivity contribution in [3.05, 3.63) is 29.0 Å². The van der Waals surface area contributed by atoms with E-state index in [-0.39, 0.29) is 5.69 Å². The topological polar surface area (TPSA) is 30.5 Å². The first-order valence-corrected chi connectivity index (χ1v) is 4.80. The van der Waals surface area contributed by atoms with E-state index in [9.17, 15) is 4.39 Å². The fourth-order valence-corrected chi connectivity index (χ4v) is 1.34. The summed E-state index contributed by atoms with van der Waals surface area (Å²) in [7, 11) is 3.03. The Balaban J connectivity index is 2.64. The van der Waals surface area contributed by atoms with Crippen LogP contribution >= 0.6 is 11.6 Å². The fraction of sp³-hybridized carbons (Fsp3) is 0.400. The highest BCUT2D eigenvalue weighted by Gasteiger charge is 2.09. The third-order valence-corrected chi connectivity index (χ3v) is 2.25. The summed E-state index contributed by atoms with van der Waals surface area (Å²) >= 11 is 5.82. The maximum atomic E-state index is 13.3. The minimum absolute atomic E-state index is 0.262. The molecule has 15 heavy (non-hydrogen) atoms. The molecule has 1 aromatic carbocycles. The fourth-order valence-electron chi connectivity index (χ4n) is 1.11. The summed E-state index contributed by atoms with van der Waals surface area (Å²) in [5.74, 6) is -0.395. The van der Waals surface area contributed by atoms with Gasteiger partial charge in [0.15, 0.2) is 6.29 Å². The molecule has 1 N–H and O–H groups in total. The quantitative estimate of drug-likeness (QED) is 0.793. The third-order valence-electron chi connectivity index (χ3n) is 1.93. The number of para-hydroxylation sites is 1. The van der Waals surface area contributed by atoms with Crippen molar-refractivity contribution in [3.63, 3.8) is 0 Å². The lowest BCUT2D eigenvalue weighted by atomic mass is 10.3. The first kappa shape index (κ1) is 12.2. The number of hydrogen-bond acceptors (Lipinski definition) is 3. The van der Waals surface area contributed by atoms with Crippen LogP contribution in [0.4, 0.5) is 10.1 Å². The van der Waals surface area contributed by atoms with Gasteiger partial charge >= 0.3 is 0 Å². The molecular weight excluding hydrogens is 221 g/mol. The van der Waals surface area contributed by atoms with Crippen molar-refractivity contribution in [2.24, 2.45) is 0 Å². The predicted molar refractivity (Wildman–Crippen MR) is 57.7 cm³/mol. The van der Waals surface area contributed by atoms with Crippen LogP contribution in [0.2, 0.25) is 5.02 Å². The van der Waals surface area contributed by atoms with Crippen LogP contribution in [0.15, 0.2) is 18.2 Å². The molecule has 0 aliphatic carbocycles. The third kappa shape index (κ3) is 3.34. The minimum atomic E-state index is -0.430. The number of halogens is 2. The van der Waals surface area contributed by atoms with Gasteiger partial charge in [0.1, 0.15) is 5.82 Å². The van der Waals surface area contributed by atoms with E-state index in [1.807, 2.05) is 0 Å². The Hall–Kier alpha value is -0.840. The van der Waals surface area contributed by atoms with Crippen molar-refractivity contribution >= 4 is 17.3 Å². The van der Waals surface area contributed by atoms with E-state index < -0.39 is 12.1 Å². The molecule has 0 bridgehead atoms. The first-order valence-electron chi connectivity index (χ1n) is 4.42. The highest BCUT2D eigenvalue weighted by molar-refractivity contribution is 6.33. The van der Waals surface area contributed by atoms with E-state index in [4.69, 9.17) is 21.1 Å². The Morgan fingerprint density at radius 1 is 1.40 bits per heavy atom. The molecule has 0 aromatic heterocycles. The molecule has 3 nitrogen and oxygen atoms in total.